The molecule has 5 heteroatoms. The summed E-state index contributed by atoms with van der Waals surface area (Å²) in [6, 6.07) is 1.61. The van der Waals surface area contributed by atoms with Crippen molar-refractivity contribution in [2.45, 2.75) is 37.6 Å². The van der Waals surface area contributed by atoms with Crippen LogP contribution >= 0.6 is 11.6 Å². The molecule has 1 aliphatic heterocycles. The second-order valence-electron chi connectivity index (χ2n) is 5.37. The van der Waals surface area contributed by atoms with Crippen LogP contribution in [0, 0.1) is 5.82 Å². The molecule has 104 valence electrons. The minimum atomic E-state index is -0.416. The molecule has 2 aliphatic rings. The lowest BCUT2D eigenvalue weighted by Gasteiger charge is -2.23. The zero-order valence-electron chi connectivity index (χ0n) is 10.8. The first-order chi connectivity index (χ1) is 9.06. The summed E-state index contributed by atoms with van der Waals surface area (Å²) < 4.78 is 25.6. The summed E-state index contributed by atoms with van der Waals surface area (Å²) in [5.41, 5.74) is 6.28. The van der Waals surface area contributed by atoms with Gasteiger partial charge in [-0.2, -0.15) is 0 Å². The highest BCUT2D eigenvalue weighted by molar-refractivity contribution is 6.32. The Morgan fingerprint density at radius 3 is 2.68 bits per heavy atom. The van der Waals surface area contributed by atoms with Gasteiger partial charge < -0.3 is 15.2 Å². The van der Waals surface area contributed by atoms with Crippen molar-refractivity contribution >= 4 is 11.6 Å². The van der Waals surface area contributed by atoms with Crippen LogP contribution < -0.4 is 15.2 Å². The number of hydrogen-bond acceptors (Lipinski definition) is 3. The van der Waals surface area contributed by atoms with Crippen LogP contribution in [0.15, 0.2) is 6.07 Å². The highest BCUT2D eigenvalue weighted by Crippen LogP contribution is 2.54. The molecule has 19 heavy (non-hydrogen) atoms. The summed E-state index contributed by atoms with van der Waals surface area (Å²) in [6.45, 7) is 2.95. The maximum atomic E-state index is 14.5. The average molecular weight is 286 g/mol. The summed E-state index contributed by atoms with van der Waals surface area (Å²) in [6.07, 6.45) is 2.54. The fourth-order valence-corrected chi connectivity index (χ4v) is 2.96. The van der Waals surface area contributed by atoms with E-state index in [0.29, 0.717) is 30.3 Å². The second kappa shape index (κ2) is 4.53. The van der Waals surface area contributed by atoms with E-state index in [0.717, 1.165) is 19.3 Å². The Labute approximate surface area is 116 Å². The molecule has 0 saturated heterocycles. The smallest absolute Gasteiger partial charge is 0.182 e. The van der Waals surface area contributed by atoms with Gasteiger partial charge in [0.2, 0.25) is 0 Å². The van der Waals surface area contributed by atoms with Crippen molar-refractivity contribution in [3.8, 4) is 11.5 Å². The Morgan fingerprint density at radius 1 is 1.37 bits per heavy atom. The number of nitrogens with two attached hydrogens (primary N) is 1. The fraction of sp³-hybridized carbons (Fsp3) is 0.571. The first kappa shape index (κ1) is 13.0. The van der Waals surface area contributed by atoms with Gasteiger partial charge in [0, 0.05) is 23.4 Å². The van der Waals surface area contributed by atoms with E-state index >= 15 is 0 Å². The van der Waals surface area contributed by atoms with E-state index in [1.807, 2.05) is 6.92 Å². The molecule has 1 aromatic rings. The third kappa shape index (κ3) is 1.98. The van der Waals surface area contributed by atoms with Gasteiger partial charge in [-0.3, -0.25) is 0 Å². The molecule has 1 heterocycles. The topological polar surface area (TPSA) is 44.5 Å². The van der Waals surface area contributed by atoms with Gasteiger partial charge in [0.1, 0.15) is 10.8 Å². The summed E-state index contributed by atoms with van der Waals surface area (Å²) in [5.74, 6) is 0.437. The first-order valence-electron chi connectivity index (χ1n) is 6.60. The number of hydrogen-bond donors (Lipinski definition) is 1. The predicted octanol–water partition coefficient (Wildman–Crippen LogP) is 3.02. The fourth-order valence-electron chi connectivity index (χ4n) is 2.71. The molecule has 1 fully saturated rings. The molecule has 0 spiro atoms. The van der Waals surface area contributed by atoms with Gasteiger partial charge in [-0.1, -0.05) is 11.6 Å². The van der Waals surface area contributed by atoms with Crippen LogP contribution in [0.5, 0.6) is 11.5 Å². The molecule has 1 saturated carbocycles. The Balaban J connectivity index is 2.12. The summed E-state index contributed by atoms with van der Waals surface area (Å²) in [4.78, 5) is 0. The quantitative estimate of drug-likeness (QED) is 0.908. The third-order valence-corrected chi connectivity index (χ3v) is 4.45. The van der Waals surface area contributed by atoms with Crippen LogP contribution in [0.1, 0.15) is 31.7 Å². The van der Waals surface area contributed by atoms with Crippen molar-refractivity contribution in [2.75, 3.05) is 13.2 Å². The molecule has 3 rings (SSSR count). The highest BCUT2D eigenvalue weighted by atomic mass is 35.5. The van der Waals surface area contributed by atoms with Crippen LogP contribution in [0.4, 0.5) is 4.39 Å². The van der Waals surface area contributed by atoms with Crippen molar-refractivity contribution < 1.29 is 13.9 Å². The minimum absolute atomic E-state index is 0.0151. The summed E-state index contributed by atoms with van der Waals surface area (Å²) in [7, 11) is 0. The van der Waals surface area contributed by atoms with Crippen LogP contribution in [0.25, 0.3) is 0 Å². The SMILES string of the molecule is CC(N)C1(c2cc3c(c(Cl)c2F)OCCCO3)CC1. The lowest BCUT2D eigenvalue weighted by atomic mass is 9.88. The van der Waals surface area contributed by atoms with E-state index in [1.165, 1.54) is 0 Å². The van der Waals surface area contributed by atoms with E-state index in [1.54, 1.807) is 6.07 Å². The summed E-state index contributed by atoms with van der Waals surface area (Å²) >= 11 is 6.11. The molecule has 0 radical (unpaired) electrons. The number of rotatable bonds is 2. The standard InChI is InChI=1S/C14H17ClFNO2/c1-8(17)14(3-4-14)9-7-10-13(11(15)12(9)16)19-6-2-5-18-10/h7-8H,2-6,17H2,1H3. The lowest BCUT2D eigenvalue weighted by Crippen LogP contribution is -2.32. The molecule has 1 atom stereocenters. The molecule has 1 aliphatic carbocycles. The van der Waals surface area contributed by atoms with Crippen molar-refractivity contribution in [3.63, 3.8) is 0 Å². The largest absolute Gasteiger partial charge is 0.489 e. The Morgan fingerprint density at radius 2 is 2.05 bits per heavy atom. The van der Waals surface area contributed by atoms with Crippen molar-refractivity contribution in [2.24, 2.45) is 5.73 Å². The molecule has 0 aromatic heterocycles. The molecule has 3 nitrogen and oxygen atoms in total. The van der Waals surface area contributed by atoms with E-state index < -0.39 is 5.82 Å². The molecule has 1 aromatic carbocycles. The second-order valence-corrected chi connectivity index (χ2v) is 5.75. The third-order valence-electron chi connectivity index (χ3n) is 4.12. The first-order valence-corrected chi connectivity index (χ1v) is 6.98. The Bertz CT molecular complexity index is 515. The molecule has 0 amide bonds. The maximum absolute atomic E-state index is 14.5. The molecular formula is C14H17ClFNO2. The van der Waals surface area contributed by atoms with E-state index in [9.17, 15) is 4.39 Å². The normalized spacial score (nSPS) is 21.7. The van der Waals surface area contributed by atoms with E-state index in [2.05, 4.69) is 0 Å². The van der Waals surface area contributed by atoms with Gasteiger partial charge in [-0.15, -0.1) is 0 Å². The van der Waals surface area contributed by atoms with Crippen molar-refractivity contribution in [1.29, 1.82) is 0 Å². The highest BCUT2D eigenvalue weighted by Gasteiger charge is 2.50. The van der Waals surface area contributed by atoms with E-state index in [4.69, 9.17) is 26.8 Å². The Kier molecular flexibility index (Phi) is 3.10. The van der Waals surface area contributed by atoms with Gasteiger partial charge in [-0.25, -0.2) is 4.39 Å². The van der Waals surface area contributed by atoms with Gasteiger partial charge in [0.15, 0.2) is 11.5 Å². The molecular weight excluding hydrogens is 269 g/mol. The zero-order chi connectivity index (χ0) is 13.6. The van der Waals surface area contributed by atoms with Crippen LogP contribution in [-0.4, -0.2) is 19.3 Å². The summed E-state index contributed by atoms with van der Waals surface area (Å²) in [5, 5.41) is 0.0151. The van der Waals surface area contributed by atoms with Crippen molar-refractivity contribution in [1.82, 2.24) is 0 Å². The van der Waals surface area contributed by atoms with Crippen LogP contribution in [0.2, 0.25) is 5.02 Å². The van der Waals surface area contributed by atoms with E-state index in [-0.39, 0.29) is 16.5 Å². The van der Waals surface area contributed by atoms with Gasteiger partial charge >= 0.3 is 0 Å². The van der Waals surface area contributed by atoms with Gasteiger partial charge in [0.05, 0.1) is 13.2 Å². The molecule has 1 unspecified atom stereocenters. The molecule has 2 N–H and O–H groups in total. The van der Waals surface area contributed by atoms with Crippen molar-refractivity contribution in [3.05, 3.63) is 22.5 Å². The van der Waals surface area contributed by atoms with Crippen LogP contribution in [-0.2, 0) is 5.41 Å². The maximum Gasteiger partial charge on any atom is 0.182 e. The number of benzene rings is 1. The Hall–Kier alpha value is -1.00. The van der Waals surface area contributed by atoms with Gasteiger partial charge in [0.25, 0.3) is 0 Å². The van der Waals surface area contributed by atoms with Gasteiger partial charge in [-0.05, 0) is 25.8 Å². The monoisotopic (exact) mass is 285 g/mol. The zero-order valence-corrected chi connectivity index (χ0v) is 11.6. The predicted molar refractivity (Wildman–Crippen MR) is 71.6 cm³/mol. The number of halogens is 2. The minimum Gasteiger partial charge on any atom is -0.489 e. The lowest BCUT2D eigenvalue weighted by molar-refractivity contribution is 0.296. The molecule has 0 bridgehead atoms. The average Bonchev–Trinajstić information content (AvgIpc) is 3.17. The number of ether oxygens (including phenoxy) is 2. The van der Waals surface area contributed by atoms with Crippen LogP contribution in [0.3, 0.4) is 0 Å². The number of fused-ring (bicyclic) bond motifs is 1.